The molecule has 1 amide bonds. The molecule has 1 saturated carbocycles. The van der Waals surface area contributed by atoms with E-state index < -0.39 is 0 Å². The van der Waals surface area contributed by atoms with E-state index in [4.69, 9.17) is 0 Å². The largest absolute Gasteiger partial charge is 0.342 e. The highest BCUT2D eigenvalue weighted by atomic mass is 16.2. The van der Waals surface area contributed by atoms with Crippen molar-refractivity contribution in [2.45, 2.75) is 45.6 Å². The maximum Gasteiger partial charge on any atom is 0.230 e. The number of aromatic nitrogens is 1. The number of hydrogen-bond donors (Lipinski definition) is 0. The van der Waals surface area contributed by atoms with Crippen molar-refractivity contribution in [1.29, 1.82) is 0 Å². The van der Waals surface area contributed by atoms with Crippen molar-refractivity contribution in [3.8, 4) is 0 Å². The number of pyridine rings is 1. The highest BCUT2D eigenvalue weighted by Crippen LogP contribution is 2.42. The van der Waals surface area contributed by atoms with Gasteiger partial charge in [0.25, 0.3) is 0 Å². The first kappa shape index (κ1) is 15.1. The van der Waals surface area contributed by atoms with Crippen LogP contribution in [-0.4, -0.2) is 46.9 Å². The first-order valence-corrected chi connectivity index (χ1v) is 9.09. The quantitative estimate of drug-likeness (QED) is 0.857. The fourth-order valence-corrected chi connectivity index (χ4v) is 4.33. The molecule has 2 saturated heterocycles. The molecule has 4 rings (SSSR count). The Bertz CT molecular complexity index is 598. The van der Waals surface area contributed by atoms with E-state index in [0.717, 1.165) is 62.9 Å². The molecular formula is C19H27N3O. The third kappa shape index (κ3) is 3.14. The molecule has 0 aromatic carbocycles. The number of carbonyl (C=O) groups excluding carboxylic acids is 1. The maximum atomic E-state index is 13.0. The number of nitrogens with zero attached hydrogens (tertiary/aromatic N) is 3. The summed E-state index contributed by atoms with van der Waals surface area (Å²) in [5, 5.41) is 0. The molecule has 4 heteroatoms. The molecule has 1 spiro atoms. The van der Waals surface area contributed by atoms with Gasteiger partial charge in [-0.3, -0.25) is 14.7 Å². The topological polar surface area (TPSA) is 36.4 Å². The Morgan fingerprint density at radius 1 is 1.26 bits per heavy atom. The molecule has 3 aliphatic rings. The van der Waals surface area contributed by atoms with Gasteiger partial charge in [-0.2, -0.15) is 0 Å². The van der Waals surface area contributed by atoms with Gasteiger partial charge in [0.2, 0.25) is 5.91 Å². The fraction of sp³-hybridized carbons (Fsp3) is 0.684. The third-order valence-corrected chi connectivity index (χ3v) is 5.76. The van der Waals surface area contributed by atoms with E-state index >= 15 is 0 Å². The first-order valence-electron chi connectivity index (χ1n) is 9.09. The van der Waals surface area contributed by atoms with Crippen LogP contribution in [0.5, 0.6) is 0 Å². The van der Waals surface area contributed by atoms with Crippen molar-refractivity contribution in [3.05, 3.63) is 29.6 Å². The third-order valence-electron chi connectivity index (χ3n) is 5.76. The van der Waals surface area contributed by atoms with E-state index in [1.165, 1.54) is 19.3 Å². The van der Waals surface area contributed by atoms with Crippen molar-refractivity contribution >= 4 is 5.91 Å². The molecule has 0 unspecified atom stereocenters. The molecule has 1 atom stereocenters. The molecule has 4 nitrogen and oxygen atoms in total. The van der Waals surface area contributed by atoms with Crippen molar-refractivity contribution in [3.63, 3.8) is 0 Å². The van der Waals surface area contributed by atoms with Crippen LogP contribution in [0.4, 0.5) is 0 Å². The zero-order chi connectivity index (χ0) is 15.9. The SMILES string of the molecule is Cc1cccc(CN2CC[C@@]3(CCCN(CC4CC4)C3=O)C2)n1. The number of likely N-dealkylation sites (tertiary alicyclic amines) is 2. The van der Waals surface area contributed by atoms with Gasteiger partial charge < -0.3 is 4.90 Å². The molecule has 23 heavy (non-hydrogen) atoms. The van der Waals surface area contributed by atoms with Crippen molar-refractivity contribution in [2.24, 2.45) is 11.3 Å². The molecule has 3 heterocycles. The van der Waals surface area contributed by atoms with Crippen LogP contribution < -0.4 is 0 Å². The van der Waals surface area contributed by atoms with Crippen LogP contribution >= 0.6 is 0 Å². The second kappa shape index (κ2) is 5.90. The Hall–Kier alpha value is -1.42. The first-order chi connectivity index (χ1) is 11.1. The maximum absolute atomic E-state index is 13.0. The number of aryl methyl sites for hydroxylation is 1. The van der Waals surface area contributed by atoms with Gasteiger partial charge in [-0.1, -0.05) is 6.07 Å². The Morgan fingerprint density at radius 2 is 2.13 bits per heavy atom. The molecule has 3 fully saturated rings. The lowest BCUT2D eigenvalue weighted by atomic mass is 9.78. The van der Waals surface area contributed by atoms with E-state index in [9.17, 15) is 4.79 Å². The second-order valence-electron chi connectivity index (χ2n) is 7.81. The van der Waals surface area contributed by atoms with Gasteiger partial charge in [-0.05, 0) is 63.6 Å². The molecule has 2 aliphatic heterocycles. The van der Waals surface area contributed by atoms with Gasteiger partial charge in [-0.25, -0.2) is 0 Å². The van der Waals surface area contributed by atoms with Crippen LogP contribution in [0.1, 0.15) is 43.5 Å². The minimum absolute atomic E-state index is 0.100. The summed E-state index contributed by atoms with van der Waals surface area (Å²) in [5.74, 6) is 1.23. The Morgan fingerprint density at radius 3 is 2.91 bits per heavy atom. The van der Waals surface area contributed by atoms with Crippen LogP contribution in [0.15, 0.2) is 18.2 Å². The molecule has 1 aromatic rings. The van der Waals surface area contributed by atoms with Crippen molar-refractivity contribution in [2.75, 3.05) is 26.2 Å². The predicted molar refractivity (Wildman–Crippen MR) is 89.8 cm³/mol. The van der Waals surface area contributed by atoms with Crippen LogP contribution in [0.3, 0.4) is 0 Å². The molecule has 0 radical (unpaired) electrons. The number of piperidine rings is 1. The minimum atomic E-state index is -0.100. The Balaban J connectivity index is 1.42. The van der Waals surface area contributed by atoms with Gasteiger partial charge in [0.15, 0.2) is 0 Å². The zero-order valence-corrected chi connectivity index (χ0v) is 14.1. The summed E-state index contributed by atoms with van der Waals surface area (Å²) in [6.45, 7) is 6.85. The van der Waals surface area contributed by atoms with Gasteiger partial charge in [0, 0.05) is 31.9 Å². The lowest BCUT2D eigenvalue weighted by Crippen LogP contribution is -2.50. The van der Waals surface area contributed by atoms with Gasteiger partial charge in [-0.15, -0.1) is 0 Å². The normalized spacial score (nSPS) is 28.7. The number of amides is 1. The van der Waals surface area contributed by atoms with E-state index in [1.807, 2.05) is 13.0 Å². The Kier molecular flexibility index (Phi) is 3.88. The summed E-state index contributed by atoms with van der Waals surface area (Å²) in [4.78, 5) is 22.3. The minimum Gasteiger partial charge on any atom is -0.342 e. The molecule has 0 bridgehead atoms. The molecule has 1 aliphatic carbocycles. The van der Waals surface area contributed by atoms with E-state index in [0.29, 0.717) is 5.91 Å². The Labute approximate surface area is 138 Å². The summed E-state index contributed by atoms with van der Waals surface area (Å²) in [5.41, 5.74) is 2.10. The number of hydrogen-bond acceptors (Lipinski definition) is 3. The molecule has 124 valence electrons. The van der Waals surface area contributed by atoms with E-state index in [-0.39, 0.29) is 5.41 Å². The van der Waals surface area contributed by atoms with Gasteiger partial charge in [0.1, 0.15) is 0 Å². The fourth-order valence-electron chi connectivity index (χ4n) is 4.33. The van der Waals surface area contributed by atoms with Gasteiger partial charge in [0.05, 0.1) is 11.1 Å². The van der Waals surface area contributed by atoms with Crippen LogP contribution in [0.25, 0.3) is 0 Å². The predicted octanol–water partition coefficient (Wildman–Crippen LogP) is 2.61. The van der Waals surface area contributed by atoms with Crippen molar-refractivity contribution in [1.82, 2.24) is 14.8 Å². The molecule has 0 N–H and O–H groups in total. The average Bonchev–Trinajstić information content (AvgIpc) is 3.25. The zero-order valence-electron chi connectivity index (χ0n) is 14.1. The van der Waals surface area contributed by atoms with Crippen LogP contribution in [0, 0.1) is 18.3 Å². The number of rotatable bonds is 4. The lowest BCUT2D eigenvalue weighted by molar-refractivity contribution is -0.145. The summed E-state index contributed by atoms with van der Waals surface area (Å²) >= 11 is 0. The standard InChI is InChI=1S/C19H27N3O/c1-15-4-2-5-17(20-15)13-21-11-9-19(14-21)8-3-10-22(18(19)23)12-16-6-7-16/h2,4-5,16H,3,6-14H2,1H3/t19-/m0/s1. The van der Waals surface area contributed by atoms with Gasteiger partial charge >= 0.3 is 0 Å². The summed E-state index contributed by atoms with van der Waals surface area (Å²) in [6.07, 6.45) is 5.92. The van der Waals surface area contributed by atoms with E-state index in [1.54, 1.807) is 0 Å². The summed E-state index contributed by atoms with van der Waals surface area (Å²) < 4.78 is 0. The van der Waals surface area contributed by atoms with Crippen LogP contribution in [0.2, 0.25) is 0 Å². The monoisotopic (exact) mass is 313 g/mol. The van der Waals surface area contributed by atoms with Crippen molar-refractivity contribution < 1.29 is 4.79 Å². The summed E-state index contributed by atoms with van der Waals surface area (Å²) in [6, 6.07) is 6.21. The highest BCUT2D eigenvalue weighted by Gasteiger charge is 2.48. The molecule has 1 aromatic heterocycles. The highest BCUT2D eigenvalue weighted by molar-refractivity contribution is 5.84. The lowest BCUT2D eigenvalue weighted by Gasteiger charge is -2.39. The molecular weight excluding hydrogens is 286 g/mol. The van der Waals surface area contributed by atoms with Crippen LogP contribution in [-0.2, 0) is 11.3 Å². The summed E-state index contributed by atoms with van der Waals surface area (Å²) in [7, 11) is 0. The smallest absolute Gasteiger partial charge is 0.230 e. The average molecular weight is 313 g/mol. The van der Waals surface area contributed by atoms with E-state index in [2.05, 4.69) is 26.9 Å². The second-order valence-corrected chi connectivity index (χ2v) is 7.81. The number of carbonyl (C=O) groups is 1.